The Morgan fingerprint density at radius 2 is 1.85 bits per heavy atom. The van der Waals surface area contributed by atoms with Gasteiger partial charge >= 0.3 is 0 Å². The molecule has 0 aliphatic rings. The van der Waals surface area contributed by atoms with Crippen LogP contribution in [0.5, 0.6) is 5.75 Å². The van der Waals surface area contributed by atoms with Gasteiger partial charge in [-0.25, -0.2) is 8.42 Å². The van der Waals surface area contributed by atoms with Gasteiger partial charge in [-0.2, -0.15) is 0 Å². The Morgan fingerprint density at radius 1 is 1.22 bits per heavy atom. The minimum atomic E-state index is -3.61. The van der Waals surface area contributed by atoms with Crippen LogP contribution in [-0.2, 0) is 14.8 Å². The number of benzene rings is 2. The number of aryl methyl sites for hydroxylation is 1. The summed E-state index contributed by atoms with van der Waals surface area (Å²) in [6.07, 6.45) is 1.09. The maximum atomic E-state index is 12.5. The standard InChI is InChI=1S/C19H23BrN2O4S/c1-13-11-16(7-10-18(13)20)22(27(4,24)25)12-19(23)21-14(2)15-5-8-17(26-3)9-6-15/h5-11,14H,12H2,1-4H3,(H,21,23)/t14-/m0/s1. The number of amides is 1. The highest BCUT2D eigenvalue weighted by atomic mass is 79.9. The second-order valence-electron chi connectivity index (χ2n) is 6.27. The zero-order valence-corrected chi connectivity index (χ0v) is 18.1. The molecule has 8 heteroatoms. The third-order valence-electron chi connectivity index (χ3n) is 4.11. The molecule has 1 amide bonds. The first-order valence-corrected chi connectivity index (χ1v) is 10.9. The first-order valence-electron chi connectivity index (χ1n) is 8.29. The van der Waals surface area contributed by atoms with E-state index in [-0.39, 0.29) is 18.5 Å². The maximum absolute atomic E-state index is 12.5. The summed E-state index contributed by atoms with van der Waals surface area (Å²) in [7, 11) is -2.02. The summed E-state index contributed by atoms with van der Waals surface area (Å²) in [6.45, 7) is 3.41. The average molecular weight is 455 g/mol. The Morgan fingerprint density at radius 3 is 2.37 bits per heavy atom. The number of carbonyl (C=O) groups excluding carboxylic acids is 1. The molecule has 2 aromatic rings. The van der Waals surface area contributed by atoms with Crippen molar-refractivity contribution in [3.8, 4) is 5.75 Å². The van der Waals surface area contributed by atoms with Crippen LogP contribution in [-0.4, -0.2) is 34.2 Å². The molecule has 0 aliphatic carbocycles. The van der Waals surface area contributed by atoms with Gasteiger partial charge in [0, 0.05) is 4.47 Å². The summed E-state index contributed by atoms with van der Waals surface area (Å²) in [5, 5.41) is 2.84. The van der Waals surface area contributed by atoms with Crippen molar-refractivity contribution in [1.29, 1.82) is 0 Å². The number of halogens is 1. The summed E-state index contributed by atoms with van der Waals surface area (Å²) >= 11 is 3.39. The van der Waals surface area contributed by atoms with Gasteiger partial charge in [0.2, 0.25) is 15.9 Å². The number of methoxy groups -OCH3 is 1. The van der Waals surface area contributed by atoms with Gasteiger partial charge in [0.1, 0.15) is 12.3 Å². The molecule has 2 rings (SSSR count). The van der Waals surface area contributed by atoms with Gasteiger partial charge in [-0.1, -0.05) is 28.1 Å². The number of hydrogen-bond acceptors (Lipinski definition) is 4. The third-order valence-corrected chi connectivity index (χ3v) is 6.14. The summed E-state index contributed by atoms with van der Waals surface area (Å²) in [5.74, 6) is 0.343. The molecule has 27 heavy (non-hydrogen) atoms. The molecule has 6 nitrogen and oxygen atoms in total. The molecule has 0 fully saturated rings. The number of rotatable bonds is 7. The van der Waals surface area contributed by atoms with Crippen LogP contribution < -0.4 is 14.4 Å². The summed E-state index contributed by atoms with van der Waals surface area (Å²) in [5.41, 5.74) is 2.23. The molecule has 0 spiro atoms. The molecule has 0 saturated carbocycles. The van der Waals surface area contributed by atoms with E-state index in [9.17, 15) is 13.2 Å². The lowest BCUT2D eigenvalue weighted by molar-refractivity contribution is -0.120. The van der Waals surface area contributed by atoms with Crippen molar-refractivity contribution in [2.24, 2.45) is 0 Å². The van der Waals surface area contributed by atoms with Crippen LogP contribution in [0.25, 0.3) is 0 Å². The Balaban J connectivity index is 2.14. The molecule has 0 radical (unpaired) electrons. The Kier molecular flexibility index (Phi) is 6.89. The van der Waals surface area contributed by atoms with Crippen LogP contribution in [0.15, 0.2) is 46.9 Å². The Hall–Kier alpha value is -2.06. The minimum absolute atomic E-state index is 0.267. The number of sulfonamides is 1. The van der Waals surface area contributed by atoms with E-state index in [1.807, 2.05) is 38.1 Å². The number of carbonyl (C=O) groups is 1. The number of anilines is 1. The van der Waals surface area contributed by atoms with E-state index in [4.69, 9.17) is 4.74 Å². The zero-order chi connectivity index (χ0) is 20.2. The van der Waals surface area contributed by atoms with Crippen LogP contribution in [0.4, 0.5) is 5.69 Å². The fourth-order valence-electron chi connectivity index (χ4n) is 2.58. The zero-order valence-electron chi connectivity index (χ0n) is 15.7. The lowest BCUT2D eigenvalue weighted by atomic mass is 10.1. The highest BCUT2D eigenvalue weighted by molar-refractivity contribution is 9.10. The quantitative estimate of drug-likeness (QED) is 0.695. The van der Waals surface area contributed by atoms with Crippen LogP contribution >= 0.6 is 15.9 Å². The summed E-state index contributed by atoms with van der Waals surface area (Å²) in [6, 6.07) is 12.2. The van der Waals surface area contributed by atoms with Crippen molar-refractivity contribution in [2.75, 3.05) is 24.2 Å². The normalized spacial score (nSPS) is 12.3. The first-order chi connectivity index (χ1) is 12.6. The van der Waals surface area contributed by atoms with Crippen molar-refractivity contribution in [3.05, 3.63) is 58.1 Å². The van der Waals surface area contributed by atoms with Crippen LogP contribution in [0.3, 0.4) is 0 Å². The fourth-order valence-corrected chi connectivity index (χ4v) is 3.67. The number of nitrogens with one attached hydrogen (secondary N) is 1. The van der Waals surface area contributed by atoms with E-state index in [1.54, 1.807) is 25.3 Å². The van der Waals surface area contributed by atoms with Gasteiger partial charge < -0.3 is 10.1 Å². The fraction of sp³-hybridized carbons (Fsp3) is 0.316. The Bertz CT molecular complexity index is 914. The Labute approximate surface area is 168 Å². The number of nitrogens with zero attached hydrogens (tertiary/aromatic N) is 1. The average Bonchev–Trinajstić information content (AvgIpc) is 2.61. The monoisotopic (exact) mass is 454 g/mol. The van der Waals surface area contributed by atoms with E-state index >= 15 is 0 Å². The van der Waals surface area contributed by atoms with Crippen LogP contribution in [0.1, 0.15) is 24.1 Å². The van der Waals surface area contributed by atoms with Crippen molar-refractivity contribution in [1.82, 2.24) is 5.32 Å². The van der Waals surface area contributed by atoms with Crippen molar-refractivity contribution in [2.45, 2.75) is 19.9 Å². The summed E-state index contributed by atoms with van der Waals surface area (Å²) in [4.78, 5) is 12.5. The lowest BCUT2D eigenvalue weighted by Crippen LogP contribution is -2.41. The molecular weight excluding hydrogens is 432 g/mol. The molecule has 1 atom stereocenters. The predicted molar refractivity (Wildman–Crippen MR) is 111 cm³/mol. The van der Waals surface area contributed by atoms with Gasteiger partial charge in [-0.3, -0.25) is 9.10 Å². The lowest BCUT2D eigenvalue weighted by Gasteiger charge is -2.24. The van der Waals surface area contributed by atoms with E-state index in [1.165, 1.54) is 0 Å². The molecule has 0 aliphatic heterocycles. The van der Waals surface area contributed by atoms with Crippen molar-refractivity contribution < 1.29 is 17.9 Å². The van der Waals surface area contributed by atoms with Gasteiger partial charge in [0.05, 0.1) is 25.1 Å². The smallest absolute Gasteiger partial charge is 0.241 e. The van der Waals surface area contributed by atoms with Crippen molar-refractivity contribution in [3.63, 3.8) is 0 Å². The maximum Gasteiger partial charge on any atom is 0.241 e. The molecular formula is C19H23BrN2O4S. The predicted octanol–water partition coefficient (Wildman–Crippen LogP) is 3.41. The van der Waals surface area contributed by atoms with Gasteiger partial charge in [0.25, 0.3) is 0 Å². The molecule has 0 heterocycles. The topological polar surface area (TPSA) is 75.7 Å². The van der Waals surface area contributed by atoms with Gasteiger partial charge in [-0.15, -0.1) is 0 Å². The molecule has 0 saturated heterocycles. The SMILES string of the molecule is COc1ccc([C@H](C)NC(=O)CN(c2ccc(Br)c(C)c2)S(C)(=O)=O)cc1. The third kappa shape index (κ3) is 5.71. The largest absolute Gasteiger partial charge is 0.497 e. The number of ether oxygens (including phenoxy) is 1. The molecule has 2 aromatic carbocycles. The van der Waals surface area contributed by atoms with Gasteiger partial charge in [0.15, 0.2) is 0 Å². The molecule has 1 N–H and O–H groups in total. The highest BCUT2D eigenvalue weighted by Gasteiger charge is 2.22. The minimum Gasteiger partial charge on any atom is -0.497 e. The molecule has 0 bridgehead atoms. The highest BCUT2D eigenvalue weighted by Crippen LogP contribution is 2.24. The summed E-state index contributed by atoms with van der Waals surface area (Å²) < 4.78 is 31.5. The first kappa shape index (κ1) is 21.2. The second-order valence-corrected chi connectivity index (χ2v) is 9.03. The van der Waals surface area contributed by atoms with E-state index in [0.29, 0.717) is 5.69 Å². The van der Waals surface area contributed by atoms with Gasteiger partial charge in [-0.05, 0) is 55.3 Å². The van der Waals surface area contributed by atoms with E-state index < -0.39 is 10.0 Å². The van der Waals surface area contributed by atoms with Crippen molar-refractivity contribution >= 4 is 37.5 Å². The van der Waals surface area contributed by atoms with Crippen LogP contribution in [0.2, 0.25) is 0 Å². The number of hydrogen-bond donors (Lipinski definition) is 1. The molecule has 0 aromatic heterocycles. The second kappa shape index (κ2) is 8.75. The van der Waals surface area contributed by atoms with E-state index in [2.05, 4.69) is 21.2 Å². The van der Waals surface area contributed by atoms with Crippen LogP contribution in [0, 0.1) is 6.92 Å². The van der Waals surface area contributed by atoms with E-state index in [0.717, 1.165) is 31.9 Å². The molecule has 146 valence electrons. The molecule has 0 unspecified atom stereocenters.